The molecule has 2 aliphatic heterocycles. The summed E-state index contributed by atoms with van der Waals surface area (Å²) in [5, 5.41) is 12.9. The standard InChI is InChI=1S/C38H46N6O4S2/c1-21-10-9-19-43(21)36(47)34(38(5,6)7)40-30(45)18-16-27-15-17-29(50-27)25-11-13-26(14-12-25)33-32-22(2)23(3)49-37(32)44-24(4)41-42-35(44)28(39-33)20-31(46)48-8/h11-15,17,21,28,34H,9-10,16,18-20H2,1-8H3,(H,40,45). The van der Waals surface area contributed by atoms with Crippen LogP contribution in [0.2, 0.25) is 0 Å². The molecule has 2 amide bonds. The van der Waals surface area contributed by atoms with Crippen LogP contribution >= 0.6 is 22.7 Å². The smallest absolute Gasteiger partial charge is 0.308 e. The molecular formula is C38H46N6O4S2. The van der Waals surface area contributed by atoms with Crippen LogP contribution in [0.1, 0.15) is 97.5 Å². The number of carbonyl (C=O) groups is 3. The quantitative estimate of drug-likeness (QED) is 0.188. The van der Waals surface area contributed by atoms with Gasteiger partial charge in [0.15, 0.2) is 5.82 Å². The van der Waals surface area contributed by atoms with E-state index in [1.54, 1.807) is 22.7 Å². The van der Waals surface area contributed by atoms with E-state index in [9.17, 15) is 14.4 Å². The summed E-state index contributed by atoms with van der Waals surface area (Å²) in [6, 6.07) is 11.6. The highest BCUT2D eigenvalue weighted by atomic mass is 32.1. The van der Waals surface area contributed by atoms with Gasteiger partial charge in [0.2, 0.25) is 11.8 Å². The van der Waals surface area contributed by atoms with Crippen LogP contribution in [0.4, 0.5) is 0 Å². The van der Waals surface area contributed by atoms with Gasteiger partial charge in [0, 0.05) is 44.8 Å². The number of nitrogens with one attached hydrogen (secondary N) is 1. The van der Waals surface area contributed by atoms with E-state index in [4.69, 9.17) is 9.73 Å². The molecule has 3 unspecified atom stereocenters. The zero-order chi connectivity index (χ0) is 35.9. The number of nitrogens with zero attached hydrogens (tertiary/aromatic N) is 5. The summed E-state index contributed by atoms with van der Waals surface area (Å²) in [7, 11) is 1.38. The number of amides is 2. The zero-order valence-corrected chi connectivity index (χ0v) is 31.8. The van der Waals surface area contributed by atoms with E-state index in [-0.39, 0.29) is 35.7 Å². The number of rotatable bonds is 9. The largest absolute Gasteiger partial charge is 0.469 e. The Balaban J connectivity index is 1.19. The second-order valence-corrected chi connectivity index (χ2v) is 16.8. The molecule has 5 heterocycles. The van der Waals surface area contributed by atoms with Crippen LogP contribution in [-0.4, -0.2) is 68.9 Å². The molecule has 2 aliphatic rings. The first-order chi connectivity index (χ1) is 23.8. The SMILES string of the molecule is COC(=O)CC1N=C(c2ccc(-c3ccc(CCC(=O)NC(C(=O)N4CCCC4C)C(C)(C)C)s3)cc2)c2c(sc(C)c2C)-n2c(C)nnc21. The molecule has 1 N–H and O–H groups in total. The van der Waals surface area contributed by atoms with E-state index in [1.807, 2.05) is 37.2 Å². The van der Waals surface area contributed by atoms with Crippen LogP contribution in [0, 0.1) is 26.2 Å². The van der Waals surface area contributed by atoms with Gasteiger partial charge in [0.25, 0.3) is 0 Å². The number of methoxy groups -OCH3 is 1. The normalized spacial score (nSPS) is 17.8. The lowest BCUT2D eigenvalue weighted by atomic mass is 9.85. The Morgan fingerprint density at radius 2 is 1.74 bits per heavy atom. The Morgan fingerprint density at radius 3 is 2.40 bits per heavy atom. The van der Waals surface area contributed by atoms with Crippen LogP contribution in [0.25, 0.3) is 15.4 Å². The van der Waals surface area contributed by atoms with Crippen molar-refractivity contribution in [2.75, 3.05) is 13.7 Å². The van der Waals surface area contributed by atoms with Crippen molar-refractivity contribution < 1.29 is 19.1 Å². The van der Waals surface area contributed by atoms with E-state index in [0.717, 1.165) is 67.9 Å². The second-order valence-electron chi connectivity index (χ2n) is 14.4. The molecule has 0 radical (unpaired) electrons. The molecule has 0 spiro atoms. The predicted octanol–water partition coefficient (Wildman–Crippen LogP) is 6.91. The third-order valence-corrected chi connectivity index (χ3v) is 12.2. The van der Waals surface area contributed by atoms with Crippen molar-refractivity contribution in [2.45, 2.75) is 98.7 Å². The average Bonchev–Trinajstić information content (AvgIpc) is 3.86. The lowest BCUT2D eigenvalue weighted by Crippen LogP contribution is -2.55. The average molecular weight is 715 g/mol. The minimum Gasteiger partial charge on any atom is -0.469 e. The highest BCUT2D eigenvalue weighted by Crippen LogP contribution is 2.40. The number of benzene rings is 1. The first-order valence-corrected chi connectivity index (χ1v) is 18.9. The monoisotopic (exact) mass is 714 g/mol. The predicted molar refractivity (Wildman–Crippen MR) is 198 cm³/mol. The molecule has 3 atom stereocenters. The number of hydrogen-bond acceptors (Lipinski definition) is 9. The number of carbonyl (C=O) groups excluding carboxylic acids is 3. The number of thiophene rings is 2. The van der Waals surface area contributed by atoms with Gasteiger partial charge in [0.05, 0.1) is 19.2 Å². The summed E-state index contributed by atoms with van der Waals surface area (Å²) in [4.78, 5) is 49.5. The van der Waals surface area contributed by atoms with Crippen molar-refractivity contribution in [3.05, 3.63) is 74.5 Å². The lowest BCUT2D eigenvalue weighted by molar-refractivity contribution is -0.141. The van der Waals surface area contributed by atoms with Crippen LogP contribution in [0.5, 0.6) is 0 Å². The third-order valence-electron chi connectivity index (χ3n) is 9.78. The first-order valence-electron chi connectivity index (χ1n) is 17.2. The molecule has 1 aromatic carbocycles. The van der Waals surface area contributed by atoms with E-state index in [1.165, 1.54) is 12.0 Å². The van der Waals surface area contributed by atoms with Crippen LogP contribution in [0.3, 0.4) is 0 Å². The summed E-state index contributed by atoms with van der Waals surface area (Å²) in [6.07, 6.45) is 2.98. The second kappa shape index (κ2) is 14.2. The topological polar surface area (TPSA) is 119 Å². The number of fused-ring (bicyclic) bond motifs is 3. The Bertz CT molecular complexity index is 1950. The fraction of sp³-hybridized carbons (Fsp3) is 0.474. The summed E-state index contributed by atoms with van der Waals surface area (Å²) in [6.45, 7) is 15.0. The van der Waals surface area contributed by atoms with Crippen LogP contribution < -0.4 is 5.32 Å². The van der Waals surface area contributed by atoms with E-state index in [0.29, 0.717) is 18.7 Å². The third kappa shape index (κ3) is 7.05. The Labute approximate surface area is 302 Å². The number of hydrogen-bond donors (Lipinski definition) is 1. The maximum atomic E-state index is 13.4. The molecule has 10 nitrogen and oxygen atoms in total. The fourth-order valence-electron chi connectivity index (χ4n) is 6.77. The molecule has 4 aromatic rings. The van der Waals surface area contributed by atoms with Gasteiger partial charge in [-0.15, -0.1) is 32.9 Å². The number of aromatic nitrogens is 3. The van der Waals surface area contributed by atoms with E-state index >= 15 is 0 Å². The maximum absolute atomic E-state index is 13.4. The Hall–Kier alpha value is -4.16. The van der Waals surface area contributed by atoms with Gasteiger partial charge < -0.3 is 15.0 Å². The molecule has 0 saturated carbocycles. The van der Waals surface area contributed by atoms with E-state index in [2.05, 4.69) is 72.7 Å². The molecule has 264 valence electrons. The fourth-order valence-corrected chi connectivity index (χ4v) is 9.00. The molecule has 0 bridgehead atoms. The molecule has 6 rings (SSSR count). The van der Waals surface area contributed by atoms with Crippen molar-refractivity contribution >= 4 is 46.2 Å². The zero-order valence-electron chi connectivity index (χ0n) is 30.1. The lowest BCUT2D eigenvalue weighted by Gasteiger charge is -2.35. The van der Waals surface area contributed by atoms with Crippen molar-refractivity contribution in [1.29, 1.82) is 0 Å². The highest BCUT2D eigenvalue weighted by molar-refractivity contribution is 7.15. The molecule has 0 aliphatic carbocycles. The number of aryl methyl sites for hydroxylation is 3. The van der Waals surface area contributed by atoms with Gasteiger partial charge in [-0.25, -0.2) is 0 Å². The van der Waals surface area contributed by atoms with Crippen molar-refractivity contribution in [3.8, 4) is 15.4 Å². The highest BCUT2D eigenvalue weighted by Gasteiger charge is 2.38. The Kier molecular flexibility index (Phi) is 10.1. The Morgan fingerprint density at radius 1 is 1.02 bits per heavy atom. The number of aliphatic imine (C=N–C) groups is 1. The van der Waals surface area contributed by atoms with Gasteiger partial charge in [-0.05, 0) is 75.6 Å². The van der Waals surface area contributed by atoms with Gasteiger partial charge in [-0.2, -0.15) is 0 Å². The molecule has 3 aromatic heterocycles. The van der Waals surface area contributed by atoms with Gasteiger partial charge in [-0.3, -0.25) is 23.9 Å². The molecule has 50 heavy (non-hydrogen) atoms. The van der Waals surface area contributed by atoms with Crippen LogP contribution in [-0.2, 0) is 25.5 Å². The van der Waals surface area contributed by atoms with Gasteiger partial charge >= 0.3 is 5.97 Å². The number of likely N-dealkylation sites (tertiary alicyclic amines) is 1. The summed E-state index contributed by atoms with van der Waals surface area (Å²) < 4.78 is 7.05. The van der Waals surface area contributed by atoms with Crippen molar-refractivity contribution in [1.82, 2.24) is 25.0 Å². The molecular weight excluding hydrogens is 669 g/mol. The van der Waals surface area contributed by atoms with Crippen molar-refractivity contribution in [3.63, 3.8) is 0 Å². The first kappa shape index (κ1) is 35.7. The maximum Gasteiger partial charge on any atom is 0.308 e. The van der Waals surface area contributed by atoms with Crippen LogP contribution in [0.15, 0.2) is 41.4 Å². The number of esters is 1. The minimum atomic E-state index is -0.554. The van der Waals surface area contributed by atoms with Crippen molar-refractivity contribution in [2.24, 2.45) is 10.4 Å². The summed E-state index contributed by atoms with van der Waals surface area (Å²) >= 11 is 3.35. The summed E-state index contributed by atoms with van der Waals surface area (Å²) in [5.74, 6) is 0.928. The van der Waals surface area contributed by atoms with Gasteiger partial charge in [-0.1, -0.05) is 45.0 Å². The van der Waals surface area contributed by atoms with Gasteiger partial charge in [0.1, 0.15) is 22.9 Å². The number of ether oxygens (including phenoxy) is 1. The molecule has 1 saturated heterocycles. The van der Waals surface area contributed by atoms with E-state index < -0.39 is 12.1 Å². The molecule has 1 fully saturated rings. The summed E-state index contributed by atoms with van der Waals surface area (Å²) in [5.41, 5.74) is 4.61. The molecule has 12 heteroatoms. The minimum absolute atomic E-state index is 0.0186.